The fourth-order valence-electron chi connectivity index (χ4n) is 4.25. The molecular formula is C26H31N3O5S. The Kier molecular flexibility index (Phi) is 7.66. The van der Waals surface area contributed by atoms with Gasteiger partial charge in [-0.15, -0.1) is 0 Å². The Hall–Kier alpha value is -3.04. The molecule has 2 N–H and O–H groups in total. The summed E-state index contributed by atoms with van der Waals surface area (Å²) < 4.78 is 27.4. The number of piperidine rings is 1. The van der Waals surface area contributed by atoms with E-state index in [-0.39, 0.29) is 47.5 Å². The number of benzene rings is 2. The number of hydrogen-bond acceptors (Lipinski definition) is 5. The van der Waals surface area contributed by atoms with Crippen molar-refractivity contribution >= 4 is 27.6 Å². The van der Waals surface area contributed by atoms with E-state index in [9.17, 15) is 22.8 Å². The van der Waals surface area contributed by atoms with Crippen molar-refractivity contribution in [1.29, 1.82) is 0 Å². The molecule has 1 saturated carbocycles. The van der Waals surface area contributed by atoms with Crippen LogP contribution in [-0.2, 0) is 26.0 Å². The normalized spacial score (nSPS) is 18.0. The highest BCUT2D eigenvalue weighted by Crippen LogP contribution is 2.25. The lowest BCUT2D eigenvalue weighted by Gasteiger charge is -2.31. The molecule has 2 amide bonds. The number of nitrogens with one attached hydrogen (secondary N) is 2. The number of ketones is 1. The molecule has 1 aliphatic carbocycles. The van der Waals surface area contributed by atoms with Crippen LogP contribution in [0, 0.1) is 5.92 Å². The number of rotatable bonds is 9. The molecule has 0 bridgehead atoms. The van der Waals surface area contributed by atoms with Gasteiger partial charge in [0.25, 0.3) is 0 Å². The van der Waals surface area contributed by atoms with E-state index in [0.717, 1.165) is 18.4 Å². The highest BCUT2D eigenvalue weighted by atomic mass is 32.2. The number of amides is 2. The smallest absolute Gasteiger partial charge is 0.243 e. The molecule has 1 saturated heterocycles. The van der Waals surface area contributed by atoms with E-state index in [1.54, 1.807) is 0 Å². The van der Waals surface area contributed by atoms with Crippen molar-refractivity contribution < 1.29 is 22.8 Å². The Morgan fingerprint density at radius 1 is 0.943 bits per heavy atom. The van der Waals surface area contributed by atoms with Gasteiger partial charge in [-0.1, -0.05) is 42.5 Å². The zero-order valence-electron chi connectivity index (χ0n) is 19.8. The molecule has 2 aromatic carbocycles. The Bertz CT molecular complexity index is 1170. The zero-order valence-corrected chi connectivity index (χ0v) is 20.6. The van der Waals surface area contributed by atoms with E-state index in [4.69, 9.17) is 0 Å². The molecular weight excluding hydrogens is 466 g/mol. The van der Waals surface area contributed by atoms with E-state index < -0.39 is 16.1 Å². The second kappa shape index (κ2) is 10.7. The second-order valence-corrected chi connectivity index (χ2v) is 11.2. The van der Waals surface area contributed by atoms with E-state index in [1.807, 2.05) is 30.3 Å². The summed E-state index contributed by atoms with van der Waals surface area (Å²) in [6.45, 7) is 1.86. The highest BCUT2D eigenvalue weighted by Gasteiger charge is 2.34. The molecule has 8 nitrogen and oxygen atoms in total. The van der Waals surface area contributed by atoms with Gasteiger partial charge in [0, 0.05) is 37.0 Å². The number of hydrogen-bond donors (Lipinski definition) is 2. The molecule has 2 aromatic rings. The van der Waals surface area contributed by atoms with Crippen LogP contribution in [0.4, 0.5) is 0 Å². The van der Waals surface area contributed by atoms with E-state index >= 15 is 0 Å². The minimum absolute atomic E-state index is 0.128. The monoisotopic (exact) mass is 497 g/mol. The van der Waals surface area contributed by atoms with E-state index in [1.165, 1.54) is 35.5 Å². The van der Waals surface area contributed by atoms with Crippen LogP contribution in [0.15, 0.2) is 59.5 Å². The maximum absolute atomic E-state index is 13.0. The summed E-state index contributed by atoms with van der Waals surface area (Å²) >= 11 is 0. The van der Waals surface area contributed by atoms with Crippen molar-refractivity contribution in [1.82, 2.24) is 14.9 Å². The van der Waals surface area contributed by atoms with E-state index in [0.29, 0.717) is 24.8 Å². The summed E-state index contributed by atoms with van der Waals surface area (Å²) in [5.74, 6) is -0.899. The number of carbonyl (C=O) groups excluding carboxylic acids is 3. The number of nitrogens with zero attached hydrogens (tertiary/aromatic N) is 1. The second-order valence-electron chi connectivity index (χ2n) is 9.29. The van der Waals surface area contributed by atoms with Gasteiger partial charge < -0.3 is 10.6 Å². The molecule has 4 rings (SSSR count). The first-order valence-corrected chi connectivity index (χ1v) is 13.4. The first kappa shape index (κ1) is 25.1. The standard InChI is InChI=1S/C26H31N3O5S/c1-18(30)20-7-11-23(12-8-20)35(33,34)29-15-13-21(14-16-29)25(31)28-24(26(32)27-22-9-10-22)17-19-5-3-2-4-6-19/h2-8,11-12,21-22,24H,9-10,13-17H2,1H3,(H,27,32)(H,28,31). The lowest BCUT2D eigenvalue weighted by molar-refractivity contribution is -0.131. The zero-order chi connectivity index (χ0) is 25.0. The molecule has 0 aromatic heterocycles. The first-order valence-electron chi connectivity index (χ1n) is 12.0. The largest absolute Gasteiger partial charge is 0.352 e. The fraction of sp³-hybridized carbons (Fsp3) is 0.423. The van der Waals surface area contributed by atoms with Crippen LogP contribution in [0.25, 0.3) is 0 Å². The van der Waals surface area contributed by atoms with Crippen molar-refractivity contribution in [2.24, 2.45) is 5.92 Å². The third kappa shape index (κ3) is 6.35. The number of carbonyl (C=O) groups is 3. The van der Waals surface area contributed by atoms with Crippen LogP contribution >= 0.6 is 0 Å². The van der Waals surface area contributed by atoms with Gasteiger partial charge in [-0.05, 0) is 50.3 Å². The summed E-state index contributed by atoms with van der Waals surface area (Å²) in [4.78, 5) is 37.4. The Balaban J connectivity index is 1.36. The average Bonchev–Trinajstić information content (AvgIpc) is 3.68. The molecule has 0 radical (unpaired) electrons. The molecule has 1 unspecified atom stereocenters. The van der Waals surface area contributed by atoms with Crippen LogP contribution in [0.1, 0.15) is 48.5 Å². The van der Waals surface area contributed by atoms with Crippen LogP contribution in [0.2, 0.25) is 0 Å². The summed E-state index contributed by atoms with van der Waals surface area (Å²) in [6.07, 6.45) is 3.07. The summed E-state index contributed by atoms with van der Waals surface area (Å²) in [5, 5.41) is 5.90. The van der Waals surface area contributed by atoms with Crippen LogP contribution in [-0.4, -0.2) is 55.5 Å². The molecule has 0 spiro atoms. The summed E-state index contributed by atoms with van der Waals surface area (Å²) in [5.41, 5.74) is 1.41. The summed E-state index contributed by atoms with van der Waals surface area (Å²) in [6, 6.07) is 15.0. The van der Waals surface area contributed by atoms with Gasteiger partial charge in [0.15, 0.2) is 5.78 Å². The van der Waals surface area contributed by atoms with Crippen LogP contribution < -0.4 is 10.6 Å². The average molecular weight is 498 g/mol. The summed E-state index contributed by atoms with van der Waals surface area (Å²) in [7, 11) is -3.71. The van der Waals surface area contributed by atoms with Gasteiger partial charge in [-0.3, -0.25) is 14.4 Å². The van der Waals surface area contributed by atoms with Crippen LogP contribution in [0.3, 0.4) is 0 Å². The third-order valence-corrected chi connectivity index (χ3v) is 8.48. The molecule has 2 aliphatic rings. The topological polar surface area (TPSA) is 113 Å². The van der Waals surface area contributed by atoms with Crippen molar-refractivity contribution in [3.8, 4) is 0 Å². The van der Waals surface area contributed by atoms with Crippen molar-refractivity contribution in [3.63, 3.8) is 0 Å². The Morgan fingerprint density at radius 3 is 2.14 bits per heavy atom. The predicted molar refractivity (Wildman–Crippen MR) is 131 cm³/mol. The minimum atomic E-state index is -3.71. The third-order valence-electron chi connectivity index (χ3n) is 6.56. The van der Waals surface area contributed by atoms with Crippen molar-refractivity contribution in [3.05, 3.63) is 65.7 Å². The molecule has 1 heterocycles. The predicted octanol–water partition coefficient (Wildman–Crippen LogP) is 2.30. The Morgan fingerprint density at radius 2 is 1.57 bits per heavy atom. The molecule has 2 fully saturated rings. The van der Waals surface area contributed by atoms with Gasteiger partial charge in [-0.25, -0.2) is 8.42 Å². The van der Waals surface area contributed by atoms with Crippen LogP contribution in [0.5, 0.6) is 0 Å². The molecule has 9 heteroatoms. The lowest BCUT2D eigenvalue weighted by atomic mass is 9.96. The lowest BCUT2D eigenvalue weighted by Crippen LogP contribution is -2.51. The van der Waals surface area contributed by atoms with Gasteiger partial charge in [0.2, 0.25) is 21.8 Å². The van der Waals surface area contributed by atoms with Gasteiger partial charge >= 0.3 is 0 Å². The van der Waals surface area contributed by atoms with Crippen molar-refractivity contribution in [2.75, 3.05) is 13.1 Å². The van der Waals surface area contributed by atoms with Gasteiger partial charge in [0.1, 0.15) is 6.04 Å². The fourth-order valence-corrected chi connectivity index (χ4v) is 5.72. The number of Topliss-reactive ketones (excluding diaryl/α,β-unsaturated/α-hetero) is 1. The molecule has 186 valence electrons. The molecule has 1 atom stereocenters. The SMILES string of the molecule is CC(=O)c1ccc(S(=O)(=O)N2CCC(C(=O)NC(Cc3ccccc3)C(=O)NC3CC3)CC2)cc1. The minimum Gasteiger partial charge on any atom is -0.352 e. The quantitative estimate of drug-likeness (QED) is 0.516. The van der Waals surface area contributed by atoms with E-state index in [2.05, 4.69) is 10.6 Å². The Labute approximate surface area is 206 Å². The molecule has 35 heavy (non-hydrogen) atoms. The maximum atomic E-state index is 13.0. The van der Waals surface area contributed by atoms with Crippen molar-refractivity contribution in [2.45, 2.75) is 56.0 Å². The highest BCUT2D eigenvalue weighted by molar-refractivity contribution is 7.89. The van der Waals surface area contributed by atoms with Gasteiger partial charge in [-0.2, -0.15) is 4.31 Å². The van der Waals surface area contributed by atoms with Gasteiger partial charge in [0.05, 0.1) is 4.90 Å². The molecule has 1 aliphatic heterocycles. The maximum Gasteiger partial charge on any atom is 0.243 e. The first-order chi connectivity index (χ1) is 16.7. The number of sulfonamides is 1.